The summed E-state index contributed by atoms with van der Waals surface area (Å²) in [5.41, 5.74) is 2.65. The van der Waals surface area contributed by atoms with Gasteiger partial charge in [0.25, 0.3) is 0 Å². The molecule has 1 unspecified atom stereocenters. The Kier molecular flexibility index (Phi) is 6.15. The number of aromatic amines is 1. The van der Waals surface area contributed by atoms with Crippen LogP contribution in [0.4, 0.5) is 15.8 Å². The van der Waals surface area contributed by atoms with Gasteiger partial charge in [0.2, 0.25) is 5.95 Å². The lowest BCUT2D eigenvalue weighted by Crippen LogP contribution is -2.38. The average Bonchev–Trinajstić information content (AvgIpc) is 3.33. The predicted octanol–water partition coefficient (Wildman–Crippen LogP) is 3.82. The summed E-state index contributed by atoms with van der Waals surface area (Å²) in [5.74, 6) is -0.579. The zero-order valence-corrected chi connectivity index (χ0v) is 20.0. The Morgan fingerprint density at radius 3 is 2.62 bits per heavy atom. The summed E-state index contributed by atoms with van der Waals surface area (Å²) in [6.07, 6.45) is 4.63. The minimum Gasteiger partial charge on any atom is -0.383 e. The molecule has 1 atom stereocenters. The normalized spacial score (nSPS) is 13.3. The van der Waals surface area contributed by atoms with E-state index in [1.165, 1.54) is 18.5 Å². The second-order valence-corrected chi connectivity index (χ2v) is 9.81. The van der Waals surface area contributed by atoms with Gasteiger partial charge in [-0.1, -0.05) is 43.7 Å². The van der Waals surface area contributed by atoms with Crippen molar-refractivity contribution >= 4 is 41.7 Å². The molecule has 0 aliphatic rings. The van der Waals surface area contributed by atoms with Crippen LogP contribution in [0.5, 0.6) is 0 Å². The number of aromatic nitrogens is 5. The van der Waals surface area contributed by atoms with Crippen LogP contribution < -0.4 is 10.6 Å². The Morgan fingerprint density at radius 2 is 2.00 bits per heavy atom. The van der Waals surface area contributed by atoms with Crippen molar-refractivity contribution in [2.75, 3.05) is 17.2 Å². The Labute approximate surface area is 202 Å². The molecular formula is C23H23BClFN8. The van der Waals surface area contributed by atoms with Gasteiger partial charge in [-0.05, 0) is 29.2 Å². The lowest BCUT2D eigenvalue weighted by atomic mass is 9.70. The van der Waals surface area contributed by atoms with E-state index in [-0.39, 0.29) is 5.41 Å². The lowest BCUT2D eigenvalue weighted by molar-refractivity contribution is 0.443. The number of nitrogens with one attached hydrogen (secondary N) is 3. The maximum Gasteiger partial charge on any atom is 0.212 e. The van der Waals surface area contributed by atoms with Crippen molar-refractivity contribution in [1.29, 1.82) is 5.26 Å². The van der Waals surface area contributed by atoms with Gasteiger partial charge in [0, 0.05) is 36.2 Å². The second kappa shape index (κ2) is 8.91. The molecule has 0 fully saturated rings. The molecule has 3 heterocycles. The first-order valence-electron chi connectivity index (χ1n) is 10.6. The molecule has 8 nitrogen and oxygen atoms in total. The topological polar surface area (TPSA) is 115 Å². The lowest BCUT2D eigenvalue weighted by Gasteiger charge is -2.31. The third-order valence-electron chi connectivity index (χ3n) is 5.47. The van der Waals surface area contributed by atoms with Crippen LogP contribution >= 0.6 is 11.6 Å². The first kappa shape index (κ1) is 23.5. The zero-order chi connectivity index (χ0) is 24.5. The van der Waals surface area contributed by atoms with E-state index in [4.69, 9.17) is 11.6 Å². The van der Waals surface area contributed by atoms with Gasteiger partial charge in [0.1, 0.15) is 19.6 Å². The fraction of sp³-hybridized carbons (Fsp3) is 0.261. The molecule has 172 valence electrons. The number of nitrogens with zero attached hydrogens (tertiary/aromatic N) is 5. The number of hydrogen-bond donors (Lipinski definition) is 3. The number of hydrogen-bond acceptors (Lipinski definition) is 7. The SMILES string of the molecule is BC(Nc1cc(Cl)c2ncc(C#N)c(NCC(C)(C)C)c2c1)(c1ccc(F)nc1)c1c[nH]nn1. The number of rotatable bonds is 6. The minimum atomic E-state index is -0.913. The Bertz CT molecular complexity index is 1360. The van der Waals surface area contributed by atoms with Crippen LogP contribution in [0.15, 0.2) is 42.9 Å². The Morgan fingerprint density at radius 1 is 1.21 bits per heavy atom. The molecular weight excluding hydrogens is 454 g/mol. The molecule has 3 N–H and O–H groups in total. The molecule has 0 spiro atoms. The summed E-state index contributed by atoms with van der Waals surface area (Å²) in [6.45, 7) is 6.97. The van der Waals surface area contributed by atoms with Gasteiger partial charge in [-0.3, -0.25) is 10.1 Å². The molecule has 0 radical (unpaired) electrons. The van der Waals surface area contributed by atoms with Crippen molar-refractivity contribution in [3.63, 3.8) is 0 Å². The Hall–Kier alpha value is -3.71. The number of fused-ring (bicyclic) bond motifs is 1. The maximum absolute atomic E-state index is 13.5. The van der Waals surface area contributed by atoms with Crippen molar-refractivity contribution in [3.8, 4) is 6.07 Å². The van der Waals surface area contributed by atoms with Gasteiger partial charge < -0.3 is 10.6 Å². The Balaban J connectivity index is 1.85. The second-order valence-electron chi connectivity index (χ2n) is 9.41. The summed E-state index contributed by atoms with van der Waals surface area (Å²) in [4.78, 5) is 8.21. The number of pyridine rings is 2. The van der Waals surface area contributed by atoms with Crippen molar-refractivity contribution in [2.24, 2.45) is 5.41 Å². The van der Waals surface area contributed by atoms with E-state index in [2.05, 4.69) is 62.9 Å². The number of halogens is 2. The summed E-state index contributed by atoms with van der Waals surface area (Å²) in [5, 5.41) is 28.4. The number of anilines is 2. The summed E-state index contributed by atoms with van der Waals surface area (Å²) in [6, 6.07) is 8.78. The third kappa shape index (κ3) is 4.65. The number of H-pyrrole nitrogens is 1. The minimum absolute atomic E-state index is 0.0108. The van der Waals surface area contributed by atoms with Crippen molar-refractivity contribution in [1.82, 2.24) is 25.4 Å². The van der Waals surface area contributed by atoms with Crippen LogP contribution in [-0.2, 0) is 5.44 Å². The highest BCUT2D eigenvalue weighted by Crippen LogP contribution is 2.36. The maximum atomic E-state index is 13.5. The zero-order valence-electron chi connectivity index (χ0n) is 19.2. The summed E-state index contributed by atoms with van der Waals surface area (Å²) < 4.78 is 13.5. The molecule has 11 heteroatoms. The largest absolute Gasteiger partial charge is 0.383 e. The molecule has 0 saturated carbocycles. The van der Waals surface area contributed by atoms with Crippen LogP contribution in [0.1, 0.15) is 37.6 Å². The monoisotopic (exact) mass is 476 g/mol. The number of nitriles is 1. The van der Waals surface area contributed by atoms with Crippen LogP contribution in [-0.4, -0.2) is 39.8 Å². The van der Waals surface area contributed by atoms with E-state index in [9.17, 15) is 9.65 Å². The van der Waals surface area contributed by atoms with Crippen LogP contribution in [0.25, 0.3) is 10.9 Å². The van der Waals surface area contributed by atoms with E-state index in [1.54, 1.807) is 18.3 Å². The van der Waals surface area contributed by atoms with Crippen molar-refractivity contribution in [2.45, 2.75) is 26.2 Å². The molecule has 0 aliphatic carbocycles. The summed E-state index contributed by atoms with van der Waals surface area (Å²) in [7, 11) is 1.89. The number of benzene rings is 1. The van der Waals surface area contributed by atoms with Crippen LogP contribution in [0.3, 0.4) is 0 Å². The highest BCUT2D eigenvalue weighted by Gasteiger charge is 2.32. The molecule has 34 heavy (non-hydrogen) atoms. The van der Waals surface area contributed by atoms with Gasteiger partial charge in [0.15, 0.2) is 0 Å². The van der Waals surface area contributed by atoms with E-state index in [0.717, 1.165) is 0 Å². The molecule has 3 aromatic heterocycles. The molecule has 4 aromatic rings. The van der Waals surface area contributed by atoms with E-state index in [1.807, 2.05) is 13.9 Å². The molecule has 0 aliphatic heterocycles. The average molecular weight is 477 g/mol. The van der Waals surface area contributed by atoms with Gasteiger partial charge in [-0.2, -0.15) is 9.65 Å². The van der Waals surface area contributed by atoms with E-state index >= 15 is 0 Å². The molecule has 0 bridgehead atoms. The van der Waals surface area contributed by atoms with Crippen LogP contribution in [0.2, 0.25) is 5.02 Å². The standard InChI is InChI=1S/C23H23BClFN8/c1-22(2,3)12-30-20-13(8-27)9-29-21-16(20)6-15(7-17(21)25)32-23(24,18-11-31-34-33-18)14-4-5-19(26)28-10-14/h4-7,9-11,32H,12,24H2,1-3H3,(H,29,30)(H,31,33,34). The first-order chi connectivity index (χ1) is 16.1. The van der Waals surface area contributed by atoms with Gasteiger partial charge in [0.05, 0.1) is 27.2 Å². The predicted molar refractivity (Wildman–Crippen MR) is 133 cm³/mol. The molecule has 1 aromatic carbocycles. The van der Waals surface area contributed by atoms with Crippen LogP contribution in [0, 0.1) is 22.7 Å². The highest BCUT2D eigenvalue weighted by molar-refractivity contribution is 6.36. The van der Waals surface area contributed by atoms with Gasteiger partial charge in [-0.15, -0.1) is 5.10 Å². The third-order valence-corrected chi connectivity index (χ3v) is 5.76. The van der Waals surface area contributed by atoms with Crippen molar-refractivity contribution in [3.05, 3.63) is 70.6 Å². The molecule has 0 saturated heterocycles. The van der Waals surface area contributed by atoms with E-state index < -0.39 is 11.4 Å². The van der Waals surface area contributed by atoms with Gasteiger partial charge in [-0.25, -0.2) is 4.98 Å². The fourth-order valence-electron chi connectivity index (χ4n) is 3.65. The summed E-state index contributed by atoms with van der Waals surface area (Å²) >= 11 is 6.63. The quantitative estimate of drug-likeness (QED) is 0.286. The van der Waals surface area contributed by atoms with Crippen molar-refractivity contribution < 1.29 is 4.39 Å². The molecule has 0 amide bonds. The fourth-order valence-corrected chi connectivity index (χ4v) is 3.92. The molecule has 4 rings (SSSR count). The smallest absolute Gasteiger partial charge is 0.212 e. The highest BCUT2D eigenvalue weighted by atomic mass is 35.5. The van der Waals surface area contributed by atoms with E-state index in [0.29, 0.717) is 50.7 Å². The van der Waals surface area contributed by atoms with Gasteiger partial charge >= 0.3 is 0 Å². The first-order valence-corrected chi connectivity index (χ1v) is 11.0.